The first-order chi connectivity index (χ1) is 8.15. The highest BCUT2D eigenvalue weighted by Crippen LogP contribution is 2.14. The molecule has 0 saturated heterocycles. The average Bonchev–Trinajstić information content (AvgIpc) is 2.71. The number of aromatic nitrogens is 2. The summed E-state index contributed by atoms with van der Waals surface area (Å²) in [4.78, 5) is 14.2. The van der Waals surface area contributed by atoms with Crippen molar-refractivity contribution in [3.05, 3.63) is 11.9 Å². The molecule has 0 fully saturated rings. The summed E-state index contributed by atoms with van der Waals surface area (Å²) in [5.74, 6) is -0.0159. The number of carbonyl (C=O) groups is 1. The number of nitrogen functional groups attached to an aromatic ring is 1. The Morgan fingerprint density at radius 3 is 2.71 bits per heavy atom. The Morgan fingerprint density at radius 2 is 2.18 bits per heavy atom. The molecular formula is C12H22N4O. The average molecular weight is 238 g/mol. The van der Waals surface area contributed by atoms with E-state index in [1.54, 1.807) is 10.9 Å². The van der Waals surface area contributed by atoms with Gasteiger partial charge in [-0.15, -0.1) is 0 Å². The lowest BCUT2D eigenvalue weighted by atomic mass is 10.2. The van der Waals surface area contributed by atoms with Gasteiger partial charge < -0.3 is 10.6 Å². The van der Waals surface area contributed by atoms with Crippen LogP contribution in [-0.2, 0) is 6.54 Å². The molecule has 1 heterocycles. The monoisotopic (exact) mass is 238 g/mol. The number of hydrogen-bond acceptors (Lipinski definition) is 3. The summed E-state index contributed by atoms with van der Waals surface area (Å²) >= 11 is 0. The van der Waals surface area contributed by atoms with Crippen molar-refractivity contribution in [1.82, 2.24) is 14.7 Å². The third-order valence-corrected chi connectivity index (χ3v) is 2.82. The first kappa shape index (κ1) is 13.5. The van der Waals surface area contributed by atoms with Crippen molar-refractivity contribution in [1.29, 1.82) is 0 Å². The summed E-state index contributed by atoms with van der Waals surface area (Å²) in [5, 5.41) is 4.10. The van der Waals surface area contributed by atoms with Crippen LogP contribution in [0.25, 0.3) is 0 Å². The Hall–Kier alpha value is -1.52. The van der Waals surface area contributed by atoms with Gasteiger partial charge in [0.2, 0.25) is 0 Å². The van der Waals surface area contributed by atoms with Gasteiger partial charge in [-0.2, -0.15) is 5.10 Å². The molecule has 0 saturated carbocycles. The number of amides is 1. The van der Waals surface area contributed by atoms with E-state index in [0.717, 1.165) is 19.4 Å². The summed E-state index contributed by atoms with van der Waals surface area (Å²) < 4.78 is 1.66. The summed E-state index contributed by atoms with van der Waals surface area (Å²) in [6, 6.07) is 0. The van der Waals surface area contributed by atoms with E-state index in [2.05, 4.69) is 12.0 Å². The summed E-state index contributed by atoms with van der Waals surface area (Å²) in [7, 11) is 0. The number of hydrogen-bond donors (Lipinski definition) is 1. The Bertz CT molecular complexity index is 373. The van der Waals surface area contributed by atoms with E-state index in [4.69, 9.17) is 5.73 Å². The first-order valence-electron chi connectivity index (χ1n) is 6.26. The van der Waals surface area contributed by atoms with Crippen LogP contribution < -0.4 is 5.73 Å². The molecule has 0 unspecified atom stereocenters. The van der Waals surface area contributed by atoms with Crippen molar-refractivity contribution in [2.75, 3.05) is 18.8 Å². The second-order valence-electron chi connectivity index (χ2n) is 4.00. The quantitative estimate of drug-likeness (QED) is 0.821. The van der Waals surface area contributed by atoms with Gasteiger partial charge in [-0.3, -0.25) is 9.48 Å². The largest absolute Gasteiger partial charge is 0.396 e. The van der Waals surface area contributed by atoms with Crippen molar-refractivity contribution in [3.63, 3.8) is 0 Å². The maximum absolute atomic E-state index is 12.3. The summed E-state index contributed by atoms with van der Waals surface area (Å²) in [5.41, 5.74) is 6.79. The Kier molecular flexibility index (Phi) is 5.00. The Labute approximate surface area is 103 Å². The number of anilines is 1. The number of unbranched alkanes of at least 4 members (excludes halogenated alkanes) is 1. The van der Waals surface area contributed by atoms with Crippen molar-refractivity contribution >= 4 is 11.6 Å². The molecule has 17 heavy (non-hydrogen) atoms. The number of nitrogens with zero attached hydrogens (tertiary/aromatic N) is 3. The van der Waals surface area contributed by atoms with E-state index in [9.17, 15) is 4.79 Å². The van der Waals surface area contributed by atoms with Crippen molar-refractivity contribution in [2.24, 2.45) is 0 Å². The van der Waals surface area contributed by atoms with Crippen LogP contribution in [0.2, 0.25) is 0 Å². The fraction of sp³-hybridized carbons (Fsp3) is 0.667. The third-order valence-electron chi connectivity index (χ3n) is 2.82. The molecule has 0 aromatic carbocycles. The molecule has 96 valence electrons. The van der Waals surface area contributed by atoms with Crippen molar-refractivity contribution in [2.45, 2.75) is 40.2 Å². The highest BCUT2D eigenvalue weighted by molar-refractivity contribution is 5.97. The molecule has 0 bridgehead atoms. The van der Waals surface area contributed by atoms with Gasteiger partial charge in [0.1, 0.15) is 5.69 Å². The SMILES string of the molecule is CCCCN(CC)C(=O)c1c(N)cnn1CC. The molecule has 2 N–H and O–H groups in total. The van der Waals surface area contributed by atoms with Crippen molar-refractivity contribution in [3.8, 4) is 0 Å². The Morgan fingerprint density at radius 1 is 1.47 bits per heavy atom. The van der Waals surface area contributed by atoms with Crippen LogP contribution in [0.3, 0.4) is 0 Å². The number of nitrogens with two attached hydrogens (primary N) is 1. The smallest absolute Gasteiger partial charge is 0.274 e. The maximum atomic E-state index is 12.3. The van der Waals surface area contributed by atoms with Crippen molar-refractivity contribution < 1.29 is 4.79 Å². The van der Waals surface area contributed by atoms with Crippen LogP contribution in [0.15, 0.2) is 6.20 Å². The molecule has 0 atom stereocenters. The van der Waals surface area contributed by atoms with Gasteiger partial charge in [-0.25, -0.2) is 0 Å². The minimum absolute atomic E-state index is 0.0159. The van der Waals surface area contributed by atoms with Crippen LogP contribution in [-0.4, -0.2) is 33.7 Å². The topological polar surface area (TPSA) is 64.2 Å². The van der Waals surface area contributed by atoms with Gasteiger partial charge >= 0.3 is 0 Å². The van der Waals surface area contributed by atoms with Gasteiger partial charge in [0.15, 0.2) is 0 Å². The van der Waals surface area contributed by atoms with Gasteiger partial charge in [-0.1, -0.05) is 13.3 Å². The minimum Gasteiger partial charge on any atom is -0.396 e. The van der Waals surface area contributed by atoms with E-state index >= 15 is 0 Å². The van der Waals surface area contributed by atoms with Gasteiger partial charge in [-0.05, 0) is 20.3 Å². The van der Waals surface area contributed by atoms with Gasteiger partial charge in [0.05, 0.1) is 11.9 Å². The second-order valence-corrected chi connectivity index (χ2v) is 4.00. The molecule has 0 aliphatic carbocycles. The molecule has 1 rings (SSSR count). The lowest BCUT2D eigenvalue weighted by molar-refractivity contribution is 0.0751. The molecule has 1 aromatic rings. The summed E-state index contributed by atoms with van der Waals surface area (Å²) in [6.07, 6.45) is 3.64. The molecule has 1 aromatic heterocycles. The van der Waals surface area contributed by atoms with Gasteiger partial charge in [0, 0.05) is 19.6 Å². The standard InChI is InChI=1S/C12H22N4O/c1-4-7-8-15(5-2)12(17)11-10(13)9-14-16(11)6-3/h9H,4-8,13H2,1-3H3. The summed E-state index contributed by atoms with van der Waals surface area (Å²) in [6.45, 7) is 8.18. The third kappa shape index (κ3) is 2.99. The first-order valence-corrected chi connectivity index (χ1v) is 6.26. The van der Waals surface area contributed by atoms with E-state index in [0.29, 0.717) is 24.5 Å². The molecule has 0 radical (unpaired) electrons. The minimum atomic E-state index is -0.0159. The Balaban J connectivity index is 2.89. The number of carbonyl (C=O) groups excluding carboxylic acids is 1. The van der Waals surface area contributed by atoms with Crippen LogP contribution in [0, 0.1) is 0 Å². The molecule has 5 heteroatoms. The van der Waals surface area contributed by atoms with E-state index in [1.165, 1.54) is 0 Å². The number of rotatable bonds is 6. The molecule has 5 nitrogen and oxygen atoms in total. The zero-order valence-electron chi connectivity index (χ0n) is 10.9. The van der Waals surface area contributed by atoms with Crippen LogP contribution in [0.5, 0.6) is 0 Å². The fourth-order valence-electron chi connectivity index (χ4n) is 1.78. The van der Waals surface area contributed by atoms with E-state index in [-0.39, 0.29) is 5.91 Å². The normalized spacial score (nSPS) is 10.5. The highest BCUT2D eigenvalue weighted by atomic mass is 16.2. The molecular weight excluding hydrogens is 216 g/mol. The fourth-order valence-corrected chi connectivity index (χ4v) is 1.78. The second kappa shape index (κ2) is 6.27. The van der Waals surface area contributed by atoms with E-state index < -0.39 is 0 Å². The molecule has 0 aliphatic heterocycles. The zero-order chi connectivity index (χ0) is 12.8. The van der Waals surface area contributed by atoms with Gasteiger partial charge in [0.25, 0.3) is 5.91 Å². The zero-order valence-corrected chi connectivity index (χ0v) is 10.9. The predicted molar refractivity (Wildman–Crippen MR) is 68.8 cm³/mol. The van der Waals surface area contributed by atoms with Crippen LogP contribution in [0.4, 0.5) is 5.69 Å². The predicted octanol–water partition coefficient (Wildman–Crippen LogP) is 1.75. The lowest BCUT2D eigenvalue weighted by Crippen LogP contribution is -2.33. The maximum Gasteiger partial charge on any atom is 0.274 e. The van der Waals surface area contributed by atoms with E-state index in [1.807, 2.05) is 18.7 Å². The van der Waals surface area contributed by atoms with Crippen LogP contribution in [0.1, 0.15) is 44.1 Å². The molecule has 1 amide bonds. The highest BCUT2D eigenvalue weighted by Gasteiger charge is 2.20. The van der Waals surface area contributed by atoms with Crippen LogP contribution >= 0.6 is 0 Å². The lowest BCUT2D eigenvalue weighted by Gasteiger charge is -2.21. The number of aryl methyl sites for hydroxylation is 1. The molecule has 0 spiro atoms. The molecule has 0 aliphatic rings.